The van der Waals surface area contributed by atoms with Crippen molar-refractivity contribution < 1.29 is 30.7 Å². The van der Waals surface area contributed by atoms with Crippen LogP contribution in [0.5, 0.6) is 0 Å². The lowest BCUT2D eigenvalue weighted by Crippen LogP contribution is -2.14. The zero-order valence-electron chi connectivity index (χ0n) is 23.4. The number of rotatable bonds is 6. The summed E-state index contributed by atoms with van der Waals surface area (Å²) in [6.45, 7) is 1.11. The third-order valence-corrected chi connectivity index (χ3v) is 8.95. The van der Waals surface area contributed by atoms with Gasteiger partial charge in [0, 0.05) is 5.56 Å². The van der Waals surface area contributed by atoms with Gasteiger partial charge in [-0.05, 0) is 123 Å². The molecule has 0 aromatic heterocycles. The van der Waals surface area contributed by atoms with Crippen molar-refractivity contribution in [2.45, 2.75) is 70.1 Å². The van der Waals surface area contributed by atoms with Crippen molar-refractivity contribution in [1.29, 1.82) is 0 Å². The lowest BCUT2D eigenvalue weighted by atomic mass is 9.76. The van der Waals surface area contributed by atoms with E-state index in [9.17, 15) is 30.7 Å². The second-order valence-electron chi connectivity index (χ2n) is 11.7. The molecule has 0 spiro atoms. The van der Waals surface area contributed by atoms with Gasteiger partial charge >= 0.3 is 0 Å². The molecule has 0 nitrogen and oxygen atoms in total. The Morgan fingerprint density at radius 2 is 1.05 bits per heavy atom. The summed E-state index contributed by atoms with van der Waals surface area (Å²) in [4.78, 5) is 0. The van der Waals surface area contributed by atoms with Gasteiger partial charge in [-0.1, -0.05) is 36.4 Å². The fourth-order valence-corrected chi connectivity index (χ4v) is 6.51. The van der Waals surface area contributed by atoms with Crippen molar-refractivity contribution in [2.24, 2.45) is 11.8 Å². The molecular formula is C35H33F7. The highest BCUT2D eigenvalue weighted by Crippen LogP contribution is 2.41. The molecule has 0 atom stereocenters. The van der Waals surface area contributed by atoms with E-state index >= 15 is 0 Å². The van der Waals surface area contributed by atoms with Crippen molar-refractivity contribution >= 4 is 5.83 Å². The molecule has 0 radical (unpaired) electrons. The molecule has 5 rings (SSSR count). The molecule has 42 heavy (non-hydrogen) atoms. The molecule has 0 aliphatic heterocycles. The second kappa shape index (κ2) is 12.9. The highest BCUT2D eigenvalue weighted by atomic mass is 19.2. The van der Waals surface area contributed by atoms with Crippen molar-refractivity contribution in [1.82, 2.24) is 0 Å². The van der Waals surface area contributed by atoms with Gasteiger partial charge in [-0.15, -0.1) is 0 Å². The summed E-state index contributed by atoms with van der Waals surface area (Å²) in [5, 5.41) is 0. The molecule has 0 amide bonds. The van der Waals surface area contributed by atoms with Crippen LogP contribution in [-0.4, -0.2) is 0 Å². The summed E-state index contributed by atoms with van der Waals surface area (Å²) in [6.07, 6.45) is 12.1. The SMILES string of the molecule is CC(F)=C(F)c1ccc(C2CCC(C=CC3CCC(c4cc(F)c(-c5cc(F)c(F)c(F)c5)c(F)c4)CC3)CC2)cc1. The van der Waals surface area contributed by atoms with Crippen LogP contribution < -0.4 is 0 Å². The maximum Gasteiger partial charge on any atom is 0.194 e. The van der Waals surface area contributed by atoms with E-state index in [1.807, 2.05) is 12.1 Å². The van der Waals surface area contributed by atoms with E-state index in [4.69, 9.17) is 0 Å². The van der Waals surface area contributed by atoms with Gasteiger partial charge in [0.1, 0.15) is 17.5 Å². The third kappa shape index (κ3) is 6.66. The quantitative estimate of drug-likeness (QED) is 0.153. The van der Waals surface area contributed by atoms with Gasteiger partial charge in [0.25, 0.3) is 0 Å². The molecule has 7 heteroatoms. The van der Waals surface area contributed by atoms with E-state index < -0.39 is 46.3 Å². The summed E-state index contributed by atoms with van der Waals surface area (Å²) in [5.74, 6) is -6.90. The average molecular weight is 587 g/mol. The number of hydrogen-bond acceptors (Lipinski definition) is 0. The smallest absolute Gasteiger partial charge is 0.194 e. The highest BCUT2D eigenvalue weighted by Gasteiger charge is 2.26. The molecule has 3 aromatic rings. The minimum atomic E-state index is -1.68. The topological polar surface area (TPSA) is 0 Å². The first kappa shape index (κ1) is 30.1. The molecule has 0 N–H and O–H groups in total. The summed E-state index contributed by atoms with van der Waals surface area (Å²) < 4.78 is 97.3. The molecule has 2 saturated carbocycles. The van der Waals surface area contributed by atoms with Crippen molar-refractivity contribution in [3.05, 3.63) is 112 Å². The first-order valence-electron chi connectivity index (χ1n) is 14.5. The molecule has 2 aliphatic rings. The van der Waals surface area contributed by atoms with Gasteiger partial charge in [-0.2, -0.15) is 0 Å². The zero-order valence-corrected chi connectivity index (χ0v) is 23.4. The molecule has 3 aromatic carbocycles. The minimum Gasteiger partial charge on any atom is -0.209 e. The Balaban J connectivity index is 1.13. The minimum absolute atomic E-state index is 0.0194. The fourth-order valence-electron chi connectivity index (χ4n) is 6.51. The van der Waals surface area contributed by atoms with Crippen LogP contribution in [0.2, 0.25) is 0 Å². The molecule has 0 bridgehead atoms. The van der Waals surface area contributed by atoms with Crippen molar-refractivity contribution in [2.75, 3.05) is 0 Å². The van der Waals surface area contributed by atoms with E-state index in [2.05, 4.69) is 12.2 Å². The molecular weight excluding hydrogens is 553 g/mol. The van der Waals surface area contributed by atoms with Gasteiger partial charge in [-0.25, -0.2) is 30.7 Å². The first-order chi connectivity index (χ1) is 20.1. The number of benzene rings is 3. The Kier molecular flexibility index (Phi) is 9.24. The molecule has 2 fully saturated rings. The summed E-state index contributed by atoms with van der Waals surface area (Å²) in [7, 11) is 0. The van der Waals surface area contributed by atoms with Crippen LogP contribution in [0.4, 0.5) is 30.7 Å². The Bertz CT molecular complexity index is 1420. The zero-order chi connectivity index (χ0) is 30.0. The normalized spacial score (nSPS) is 23.7. The maximum atomic E-state index is 14.9. The monoisotopic (exact) mass is 586 g/mol. The lowest BCUT2D eigenvalue weighted by molar-refractivity contribution is 0.360. The van der Waals surface area contributed by atoms with Crippen LogP contribution in [0.25, 0.3) is 17.0 Å². The van der Waals surface area contributed by atoms with Gasteiger partial charge in [0.2, 0.25) is 0 Å². The lowest BCUT2D eigenvalue weighted by Gasteiger charge is -2.29. The summed E-state index contributed by atoms with van der Waals surface area (Å²) in [6, 6.07) is 10.7. The molecule has 2 aliphatic carbocycles. The van der Waals surface area contributed by atoms with Crippen LogP contribution >= 0.6 is 0 Å². The number of hydrogen-bond donors (Lipinski definition) is 0. The Morgan fingerprint density at radius 3 is 1.50 bits per heavy atom. The summed E-state index contributed by atoms with van der Waals surface area (Å²) in [5.41, 5.74) is 0.977. The maximum absolute atomic E-state index is 14.9. The van der Waals surface area contributed by atoms with Crippen LogP contribution in [0.3, 0.4) is 0 Å². The van der Waals surface area contributed by atoms with E-state index in [-0.39, 0.29) is 17.0 Å². The fraction of sp³-hybridized carbons (Fsp3) is 0.371. The van der Waals surface area contributed by atoms with Crippen LogP contribution in [0.15, 0.2) is 66.5 Å². The number of halogens is 7. The second-order valence-corrected chi connectivity index (χ2v) is 11.7. The molecule has 0 heterocycles. The van der Waals surface area contributed by atoms with E-state index in [0.717, 1.165) is 63.9 Å². The standard InChI is InChI=1S/C35H33F7/c1-20(36)34(41)26-14-12-24(13-15-26)23-8-4-21(5-9-23)2-3-22-6-10-25(11-7-22)27-16-29(37)33(30(38)17-27)28-18-31(39)35(42)32(40)19-28/h2-3,12-19,21-23,25H,4-11H2,1H3. The van der Waals surface area contributed by atoms with Crippen molar-refractivity contribution in [3.63, 3.8) is 0 Å². The van der Waals surface area contributed by atoms with Gasteiger partial charge < -0.3 is 0 Å². The first-order valence-corrected chi connectivity index (χ1v) is 14.5. The largest absolute Gasteiger partial charge is 0.209 e. The van der Waals surface area contributed by atoms with Gasteiger partial charge in [0.05, 0.1) is 5.56 Å². The van der Waals surface area contributed by atoms with E-state index in [0.29, 0.717) is 35.4 Å². The Labute approximate surface area is 242 Å². The predicted octanol–water partition coefficient (Wildman–Crippen LogP) is 11.5. The van der Waals surface area contributed by atoms with Crippen molar-refractivity contribution in [3.8, 4) is 11.1 Å². The average Bonchev–Trinajstić information content (AvgIpc) is 2.98. The highest BCUT2D eigenvalue weighted by molar-refractivity contribution is 5.66. The third-order valence-electron chi connectivity index (χ3n) is 8.95. The summed E-state index contributed by atoms with van der Waals surface area (Å²) >= 11 is 0. The predicted molar refractivity (Wildman–Crippen MR) is 151 cm³/mol. The molecule has 0 unspecified atom stereocenters. The van der Waals surface area contributed by atoms with Crippen LogP contribution in [-0.2, 0) is 0 Å². The Hall–Kier alpha value is -3.35. The van der Waals surface area contributed by atoms with E-state index in [1.165, 1.54) is 12.1 Å². The van der Waals surface area contributed by atoms with E-state index in [1.54, 1.807) is 12.1 Å². The van der Waals surface area contributed by atoms with Crippen LogP contribution in [0.1, 0.15) is 86.8 Å². The van der Waals surface area contributed by atoms with Gasteiger partial charge in [-0.3, -0.25) is 0 Å². The number of allylic oxidation sites excluding steroid dienone is 3. The van der Waals surface area contributed by atoms with Crippen LogP contribution in [0, 0.1) is 40.9 Å². The molecule has 222 valence electrons. The van der Waals surface area contributed by atoms with Gasteiger partial charge in [0.15, 0.2) is 23.3 Å². The molecule has 0 saturated heterocycles. The Morgan fingerprint density at radius 1 is 0.595 bits per heavy atom.